The third-order valence-electron chi connectivity index (χ3n) is 6.60. The Balaban J connectivity index is 0.000000996. The molecule has 0 spiro atoms. The number of hydrogen-bond donors (Lipinski definition) is 5. The molecule has 14 heteroatoms. The monoisotopic (exact) mass is 622 g/mol. The Kier molecular flexibility index (Phi) is 11.1. The minimum atomic E-state index is -4.63. The van der Waals surface area contributed by atoms with Gasteiger partial charge in [-0.25, -0.2) is 14.3 Å². The van der Waals surface area contributed by atoms with Crippen LogP contribution in [0.5, 0.6) is 0 Å². The fourth-order valence-electron chi connectivity index (χ4n) is 4.57. The second-order valence-corrected chi connectivity index (χ2v) is 12.9. The summed E-state index contributed by atoms with van der Waals surface area (Å²) >= 11 is 1.71. The number of anilines is 2. The van der Waals surface area contributed by atoms with Gasteiger partial charge >= 0.3 is 6.18 Å². The summed E-state index contributed by atoms with van der Waals surface area (Å²) in [6.45, 7) is 10.9. The lowest BCUT2D eigenvalue weighted by molar-refractivity contribution is -0.137. The van der Waals surface area contributed by atoms with Crippen LogP contribution in [0.3, 0.4) is 0 Å². The predicted octanol–water partition coefficient (Wildman–Crippen LogP) is 4.29. The third kappa shape index (κ3) is 10.4. The summed E-state index contributed by atoms with van der Waals surface area (Å²) in [5.74, 6) is 0.0462. The summed E-state index contributed by atoms with van der Waals surface area (Å²) in [5.41, 5.74) is -1.45. The zero-order chi connectivity index (χ0) is 31.2. The van der Waals surface area contributed by atoms with Gasteiger partial charge in [0.1, 0.15) is 5.56 Å². The smallest absolute Gasteiger partial charge is 0.394 e. The number of nitrogens with one attached hydrogen (secondary N) is 3. The summed E-state index contributed by atoms with van der Waals surface area (Å²) in [6, 6.07) is 8.86. The van der Waals surface area contributed by atoms with Gasteiger partial charge in [-0.3, -0.25) is 4.68 Å². The van der Waals surface area contributed by atoms with Gasteiger partial charge in [0.05, 0.1) is 24.0 Å². The lowest BCUT2D eigenvalue weighted by Crippen LogP contribution is -2.59. The average Bonchev–Trinajstić information content (AvgIpc) is 3.34. The highest BCUT2D eigenvalue weighted by Gasteiger charge is 2.36. The van der Waals surface area contributed by atoms with Crippen LogP contribution in [0.1, 0.15) is 46.1 Å². The van der Waals surface area contributed by atoms with Crippen LogP contribution in [0.4, 0.5) is 24.8 Å². The van der Waals surface area contributed by atoms with Gasteiger partial charge in [0.15, 0.2) is 0 Å². The van der Waals surface area contributed by atoms with Gasteiger partial charge in [-0.15, -0.1) is 0 Å². The molecule has 43 heavy (non-hydrogen) atoms. The quantitative estimate of drug-likeness (QED) is 0.221. The molecule has 0 saturated carbocycles. The molecule has 10 nitrogen and oxygen atoms in total. The lowest BCUT2D eigenvalue weighted by atomic mass is 10.0. The topological polar surface area (TPSA) is 123 Å². The lowest BCUT2D eigenvalue weighted by Gasteiger charge is -2.37. The highest BCUT2D eigenvalue weighted by molar-refractivity contribution is 7.97. The van der Waals surface area contributed by atoms with Crippen molar-refractivity contribution in [1.29, 1.82) is 0 Å². The van der Waals surface area contributed by atoms with Crippen molar-refractivity contribution in [3.05, 3.63) is 48.4 Å². The zero-order valence-electron chi connectivity index (χ0n) is 24.9. The second kappa shape index (κ2) is 14.4. The minimum Gasteiger partial charge on any atom is -0.394 e. The fourth-order valence-corrected chi connectivity index (χ4v) is 5.52. The number of aromatic nitrogens is 4. The number of aliphatic hydroxyl groups is 2. The molecule has 5 N–H and O–H groups in total. The highest BCUT2D eigenvalue weighted by Crippen LogP contribution is 2.36. The predicted molar refractivity (Wildman–Crippen MR) is 162 cm³/mol. The standard InChI is InChI=1S/C26H33F3N8OS.C3H8O/c1-25(2,38)16-36-15-17(11-32-36)23-22(26(27,28)29)14-31-24(35-23)34-18-3-5-21(6-4-18)39-37-9-7-19(8-10-37)33-20-12-30-13-20;1-3(2)4/h3-6,11,14-15,19-20,30,33,38H,7-10,12-13,16H2,1-2H3,(H,31,34,35);3-4H,1-2H3. The second-order valence-electron chi connectivity index (χ2n) is 11.8. The molecule has 236 valence electrons. The number of rotatable bonds is 9. The first-order valence-corrected chi connectivity index (χ1v) is 15.2. The molecule has 4 heterocycles. The van der Waals surface area contributed by atoms with Crippen LogP contribution in [-0.4, -0.2) is 84.2 Å². The van der Waals surface area contributed by atoms with Crippen LogP contribution in [0, 0.1) is 0 Å². The van der Waals surface area contributed by atoms with E-state index in [0.29, 0.717) is 17.8 Å². The van der Waals surface area contributed by atoms with Crippen molar-refractivity contribution in [1.82, 2.24) is 34.7 Å². The van der Waals surface area contributed by atoms with Crippen molar-refractivity contribution in [2.45, 2.75) is 81.9 Å². The van der Waals surface area contributed by atoms with E-state index < -0.39 is 17.3 Å². The molecule has 1 aromatic carbocycles. The molecule has 0 radical (unpaired) electrons. The fraction of sp³-hybridized carbons (Fsp3) is 0.552. The van der Waals surface area contributed by atoms with Crippen molar-refractivity contribution in [3.8, 4) is 11.3 Å². The van der Waals surface area contributed by atoms with E-state index in [-0.39, 0.29) is 29.9 Å². The molecule has 2 aromatic heterocycles. The molecular formula is C29H41F3N8O2S. The van der Waals surface area contributed by atoms with Gasteiger partial charge in [-0.1, -0.05) is 0 Å². The molecule has 2 saturated heterocycles. The van der Waals surface area contributed by atoms with Gasteiger partial charge < -0.3 is 26.2 Å². The number of aliphatic hydroxyl groups excluding tert-OH is 1. The molecule has 2 aliphatic heterocycles. The van der Waals surface area contributed by atoms with Crippen molar-refractivity contribution < 1.29 is 23.4 Å². The Labute approximate surface area is 254 Å². The molecule has 3 aromatic rings. The van der Waals surface area contributed by atoms with Crippen molar-refractivity contribution >= 4 is 23.6 Å². The van der Waals surface area contributed by atoms with Crippen LogP contribution < -0.4 is 16.0 Å². The Morgan fingerprint density at radius 1 is 1.07 bits per heavy atom. The van der Waals surface area contributed by atoms with Gasteiger partial charge in [0, 0.05) is 72.9 Å². The maximum atomic E-state index is 13.7. The third-order valence-corrected chi connectivity index (χ3v) is 7.71. The largest absolute Gasteiger partial charge is 0.419 e. The first kappa shape index (κ1) is 33.1. The van der Waals surface area contributed by atoms with Crippen LogP contribution in [0.25, 0.3) is 11.3 Å². The van der Waals surface area contributed by atoms with Crippen molar-refractivity contribution in [2.24, 2.45) is 0 Å². The van der Waals surface area contributed by atoms with E-state index in [1.165, 1.54) is 17.1 Å². The number of piperidine rings is 1. The molecule has 2 aliphatic rings. The van der Waals surface area contributed by atoms with Gasteiger partial charge in [0.2, 0.25) is 5.95 Å². The number of nitrogens with zero attached hydrogens (tertiary/aromatic N) is 5. The zero-order valence-corrected chi connectivity index (χ0v) is 25.7. The van der Waals surface area contributed by atoms with Gasteiger partial charge in [-0.05, 0) is 76.7 Å². The summed E-state index contributed by atoms with van der Waals surface area (Å²) in [5, 5.41) is 32.2. The van der Waals surface area contributed by atoms with Crippen LogP contribution in [-0.2, 0) is 12.7 Å². The average molecular weight is 623 g/mol. The summed E-state index contributed by atoms with van der Waals surface area (Å²) in [7, 11) is 0. The Bertz CT molecular complexity index is 1300. The number of benzene rings is 1. The Morgan fingerprint density at radius 3 is 2.28 bits per heavy atom. The van der Waals surface area contributed by atoms with E-state index in [1.54, 1.807) is 39.6 Å². The summed E-state index contributed by atoms with van der Waals surface area (Å²) in [4.78, 5) is 9.19. The molecule has 0 atom stereocenters. The molecule has 0 amide bonds. The first-order valence-electron chi connectivity index (χ1n) is 14.4. The van der Waals surface area contributed by atoms with E-state index in [2.05, 4.69) is 35.3 Å². The SMILES string of the molecule is CC(C)(O)Cn1cc(-c2nc(Nc3ccc(SN4CCC(NC5CNC5)CC4)cc3)ncc2C(F)(F)F)cn1.CC(C)O. The van der Waals surface area contributed by atoms with Crippen molar-refractivity contribution in [3.63, 3.8) is 0 Å². The molecule has 0 aliphatic carbocycles. The molecule has 5 rings (SSSR count). The Morgan fingerprint density at radius 2 is 1.72 bits per heavy atom. The minimum absolute atomic E-state index is 0.0462. The number of hydrogen-bond acceptors (Lipinski definition) is 10. The molecular weight excluding hydrogens is 581 g/mol. The maximum absolute atomic E-state index is 13.7. The summed E-state index contributed by atoms with van der Waals surface area (Å²) < 4.78 is 44.9. The van der Waals surface area contributed by atoms with E-state index in [9.17, 15) is 18.3 Å². The highest BCUT2D eigenvalue weighted by atomic mass is 32.2. The van der Waals surface area contributed by atoms with E-state index >= 15 is 0 Å². The maximum Gasteiger partial charge on any atom is 0.419 e. The van der Waals surface area contributed by atoms with Gasteiger partial charge in [-0.2, -0.15) is 18.3 Å². The van der Waals surface area contributed by atoms with E-state index in [4.69, 9.17) is 5.11 Å². The molecule has 0 unspecified atom stereocenters. The molecule has 0 bridgehead atoms. The van der Waals surface area contributed by atoms with Crippen LogP contribution in [0.2, 0.25) is 0 Å². The molecule has 2 fully saturated rings. The van der Waals surface area contributed by atoms with E-state index in [0.717, 1.165) is 50.1 Å². The Hall–Kier alpha value is -2.75. The van der Waals surface area contributed by atoms with E-state index in [1.807, 2.05) is 24.3 Å². The van der Waals surface area contributed by atoms with Gasteiger partial charge in [0.25, 0.3) is 0 Å². The summed E-state index contributed by atoms with van der Waals surface area (Å²) in [6.07, 6.45) is 0.963. The van der Waals surface area contributed by atoms with Crippen molar-refractivity contribution in [2.75, 3.05) is 31.5 Å². The number of halogens is 3. The first-order chi connectivity index (χ1) is 20.2. The van der Waals surface area contributed by atoms with Crippen LogP contribution in [0.15, 0.2) is 47.8 Å². The van der Waals surface area contributed by atoms with Crippen LogP contribution >= 0.6 is 11.9 Å². The number of alkyl halides is 3. The normalized spacial score (nSPS) is 17.0.